The minimum Gasteiger partial charge on any atom is -0.292 e. The molecule has 0 aliphatic heterocycles. The van der Waals surface area contributed by atoms with Crippen LogP contribution in [0.5, 0.6) is 0 Å². The van der Waals surface area contributed by atoms with E-state index in [0.29, 0.717) is 0 Å². The van der Waals surface area contributed by atoms with Gasteiger partial charge >= 0.3 is 0 Å². The number of benzene rings is 5. The molecule has 10 rings (SSSR count). The van der Waals surface area contributed by atoms with Gasteiger partial charge in [-0.05, 0) is 76.7 Å². The lowest BCUT2D eigenvalue weighted by Crippen LogP contribution is -2.03. The highest BCUT2D eigenvalue weighted by Gasteiger charge is 2.19. The van der Waals surface area contributed by atoms with E-state index in [-0.39, 0.29) is 0 Å². The Morgan fingerprint density at radius 3 is 1.81 bits per heavy atom. The van der Waals surface area contributed by atoms with Crippen LogP contribution in [0.1, 0.15) is 17.7 Å². The van der Waals surface area contributed by atoms with E-state index in [0.717, 1.165) is 57.3 Å². The minimum absolute atomic E-state index is 0.995. The molecule has 5 aromatic carbocycles. The van der Waals surface area contributed by atoms with Crippen molar-refractivity contribution >= 4 is 71.9 Å². The van der Waals surface area contributed by atoms with E-state index in [2.05, 4.69) is 130 Å². The number of rotatable bonds is 1. The van der Waals surface area contributed by atoms with Gasteiger partial charge in [-0.25, -0.2) is 9.97 Å². The molecule has 0 radical (unpaired) electrons. The summed E-state index contributed by atoms with van der Waals surface area (Å²) in [6, 6.07) is 39.3. The third kappa shape index (κ3) is 2.86. The SMILES string of the molecule is C1=Cc2c(c3ccccc3c3nc4cc(-c5ccc6c(c5)nc5c7ccccc7c7ccccc7n65)ccc4n23)CC1. The van der Waals surface area contributed by atoms with Crippen molar-refractivity contribution in [3.05, 3.63) is 127 Å². The molecule has 0 amide bonds. The van der Waals surface area contributed by atoms with Crippen molar-refractivity contribution < 1.29 is 0 Å². The van der Waals surface area contributed by atoms with Crippen LogP contribution in [0.4, 0.5) is 0 Å². The second kappa shape index (κ2) is 8.05. The lowest BCUT2D eigenvalue weighted by Gasteiger charge is -2.16. The van der Waals surface area contributed by atoms with Crippen molar-refractivity contribution in [3.8, 4) is 11.1 Å². The summed E-state index contributed by atoms with van der Waals surface area (Å²) < 4.78 is 4.66. The first kappa shape index (κ1) is 22.2. The Balaban J connectivity index is 1.22. The first-order valence-electron chi connectivity index (χ1n) is 14.6. The molecule has 0 N–H and O–H groups in total. The van der Waals surface area contributed by atoms with Crippen LogP contribution in [0, 0.1) is 0 Å². The number of aromatic nitrogens is 4. The number of nitrogens with zero attached hydrogens (tertiary/aromatic N) is 4. The fourth-order valence-corrected chi connectivity index (χ4v) is 7.25. The number of hydrogen-bond donors (Lipinski definition) is 0. The predicted octanol–water partition coefficient (Wildman–Crippen LogP) is 9.37. The molecule has 196 valence electrons. The molecular formula is C38H24N4. The van der Waals surface area contributed by atoms with Crippen molar-refractivity contribution in [3.63, 3.8) is 0 Å². The third-order valence-corrected chi connectivity index (χ3v) is 9.13. The maximum Gasteiger partial charge on any atom is 0.146 e. The fraction of sp³-hybridized carbons (Fsp3) is 0.0526. The third-order valence-electron chi connectivity index (χ3n) is 9.13. The minimum atomic E-state index is 0.995. The molecule has 0 unspecified atom stereocenters. The summed E-state index contributed by atoms with van der Waals surface area (Å²) in [4.78, 5) is 10.4. The maximum atomic E-state index is 5.21. The van der Waals surface area contributed by atoms with Crippen molar-refractivity contribution in [2.75, 3.05) is 0 Å². The van der Waals surface area contributed by atoms with Gasteiger partial charge in [0.2, 0.25) is 0 Å². The lowest BCUT2D eigenvalue weighted by atomic mass is 9.96. The van der Waals surface area contributed by atoms with E-state index < -0.39 is 0 Å². The van der Waals surface area contributed by atoms with E-state index in [4.69, 9.17) is 9.97 Å². The highest BCUT2D eigenvalue weighted by molar-refractivity contribution is 6.14. The van der Waals surface area contributed by atoms with Gasteiger partial charge in [-0.3, -0.25) is 8.80 Å². The second-order valence-corrected chi connectivity index (χ2v) is 11.4. The first-order chi connectivity index (χ1) is 20.8. The summed E-state index contributed by atoms with van der Waals surface area (Å²) in [6.07, 6.45) is 6.70. The molecule has 0 atom stereocenters. The molecule has 0 saturated carbocycles. The summed E-state index contributed by atoms with van der Waals surface area (Å²) in [5, 5.41) is 6.18. The van der Waals surface area contributed by atoms with Gasteiger partial charge in [0, 0.05) is 16.2 Å². The van der Waals surface area contributed by atoms with E-state index >= 15 is 0 Å². The van der Waals surface area contributed by atoms with Crippen LogP contribution in [-0.4, -0.2) is 18.8 Å². The van der Waals surface area contributed by atoms with Crippen molar-refractivity contribution in [1.82, 2.24) is 18.8 Å². The number of para-hydroxylation sites is 1. The van der Waals surface area contributed by atoms with Gasteiger partial charge in [0.1, 0.15) is 11.3 Å². The van der Waals surface area contributed by atoms with Gasteiger partial charge in [-0.15, -0.1) is 0 Å². The number of fused-ring (bicyclic) bond motifs is 16. The summed E-state index contributed by atoms with van der Waals surface area (Å²) in [5.41, 5.74) is 12.4. The van der Waals surface area contributed by atoms with Crippen LogP contribution in [0.15, 0.2) is 115 Å². The zero-order valence-corrected chi connectivity index (χ0v) is 22.8. The molecule has 4 aromatic heterocycles. The molecular weight excluding hydrogens is 512 g/mol. The smallest absolute Gasteiger partial charge is 0.146 e. The average molecular weight is 537 g/mol. The quantitative estimate of drug-likeness (QED) is 0.196. The number of imidazole rings is 2. The van der Waals surface area contributed by atoms with Gasteiger partial charge in [0.15, 0.2) is 0 Å². The zero-order valence-electron chi connectivity index (χ0n) is 22.8. The summed E-state index contributed by atoms with van der Waals surface area (Å²) in [5.74, 6) is 0. The molecule has 4 heteroatoms. The largest absolute Gasteiger partial charge is 0.292 e. The standard InChI is InChI=1S/C38H24N4/c1-3-13-29-25(9-1)27-11-5-7-15-33(27)41-35-19-17-23(21-31(35)39-37(29)41)24-18-20-36-32(22-24)40-38-30-14-4-2-10-26(30)28-12-6-8-16-34(28)42(36)38/h1-5,7-11,13-22H,6,12H2. The highest BCUT2D eigenvalue weighted by Crippen LogP contribution is 2.36. The number of pyridine rings is 2. The van der Waals surface area contributed by atoms with Gasteiger partial charge < -0.3 is 0 Å². The first-order valence-corrected chi connectivity index (χ1v) is 14.6. The van der Waals surface area contributed by atoms with Gasteiger partial charge in [0.05, 0.1) is 33.3 Å². The van der Waals surface area contributed by atoms with Crippen LogP contribution in [-0.2, 0) is 6.42 Å². The predicted molar refractivity (Wildman–Crippen MR) is 174 cm³/mol. The Labute approximate surface area is 240 Å². The number of allylic oxidation sites excluding steroid dienone is 1. The number of aryl methyl sites for hydroxylation is 1. The monoisotopic (exact) mass is 536 g/mol. The van der Waals surface area contributed by atoms with Crippen molar-refractivity contribution in [2.45, 2.75) is 12.8 Å². The number of hydrogen-bond acceptors (Lipinski definition) is 2. The van der Waals surface area contributed by atoms with E-state index in [1.54, 1.807) is 0 Å². The Bertz CT molecular complexity index is 2630. The molecule has 1 aliphatic carbocycles. The Morgan fingerprint density at radius 2 is 1.07 bits per heavy atom. The maximum absolute atomic E-state index is 5.21. The Morgan fingerprint density at radius 1 is 0.500 bits per heavy atom. The topological polar surface area (TPSA) is 34.6 Å². The van der Waals surface area contributed by atoms with Crippen molar-refractivity contribution in [2.24, 2.45) is 0 Å². The average Bonchev–Trinajstić information content (AvgIpc) is 3.64. The molecule has 0 spiro atoms. The highest BCUT2D eigenvalue weighted by atomic mass is 15.0. The Hall–Kier alpha value is -5.48. The zero-order chi connectivity index (χ0) is 27.4. The summed E-state index contributed by atoms with van der Waals surface area (Å²) in [7, 11) is 0. The normalized spacial score (nSPS) is 13.4. The second-order valence-electron chi connectivity index (χ2n) is 11.4. The molecule has 1 aliphatic rings. The molecule has 0 fully saturated rings. The molecule has 4 heterocycles. The molecule has 42 heavy (non-hydrogen) atoms. The van der Waals surface area contributed by atoms with Crippen LogP contribution >= 0.6 is 0 Å². The summed E-state index contributed by atoms with van der Waals surface area (Å²) >= 11 is 0. The van der Waals surface area contributed by atoms with E-state index in [1.807, 2.05) is 0 Å². The fourth-order valence-electron chi connectivity index (χ4n) is 7.25. The summed E-state index contributed by atoms with van der Waals surface area (Å²) in [6.45, 7) is 0. The lowest BCUT2D eigenvalue weighted by molar-refractivity contribution is 0.969. The van der Waals surface area contributed by atoms with Crippen LogP contribution in [0.25, 0.3) is 83.0 Å². The van der Waals surface area contributed by atoms with Crippen LogP contribution in [0.3, 0.4) is 0 Å². The molecule has 0 saturated heterocycles. The van der Waals surface area contributed by atoms with Gasteiger partial charge in [-0.1, -0.05) is 84.9 Å². The van der Waals surface area contributed by atoms with Crippen LogP contribution in [0.2, 0.25) is 0 Å². The van der Waals surface area contributed by atoms with Gasteiger partial charge in [-0.2, -0.15) is 0 Å². The van der Waals surface area contributed by atoms with E-state index in [1.165, 1.54) is 43.7 Å². The Kier molecular flexibility index (Phi) is 4.26. The van der Waals surface area contributed by atoms with Crippen molar-refractivity contribution in [1.29, 1.82) is 0 Å². The molecule has 0 bridgehead atoms. The molecule has 9 aromatic rings. The van der Waals surface area contributed by atoms with Gasteiger partial charge in [0.25, 0.3) is 0 Å². The van der Waals surface area contributed by atoms with E-state index in [9.17, 15) is 0 Å². The molecule has 4 nitrogen and oxygen atoms in total. The van der Waals surface area contributed by atoms with Crippen LogP contribution < -0.4 is 0 Å².